The molecule has 0 amide bonds. The summed E-state index contributed by atoms with van der Waals surface area (Å²) in [6.45, 7) is 0. The molecule has 0 aromatic carbocycles. The second kappa shape index (κ2) is 3.99. The average molecular weight is 249 g/mol. The van der Waals surface area contributed by atoms with Gasteiger partial charge in [-0.05, 0) is 6.07 Å². The number of rotatable bonds is 2. The van der Waals surface area contributed by atoms with E-state index in [0.717, 1.165) is 0 Å². The lowest BCUT2D eigenvalue weighted by Crippen LogP contribution is -2.15. The highest BCUT2D eigenvalue weighted by Crippen LogP contribution is 2.32. The van der Waals surface area contributed by atoms with Gasteiger partial charge in [-0.25, -0.2) is 27.3 Å². The lowest BCUT2D eigenvalue weighted by Gasteiger charge is -2.07. The van der Waals surface area contributed by atoms with Gasteiger partial charge in [0.05, 0.1) is 5.56 Å². The highest BCUT2D eigenvalue weighted by atomic mass is 32.2. The predicted molar refractivity (Wildman–Crippen MR) is 46.9 cm³/mol. The van der Waals surface area contributed by atoms with Crippen molar-refractivity contribution in [3.63, 3.8) is 0 Å². The molecule has 0 bridgehead atoms. The molecule has 0 aliphatic carbocycles. The van der Waals surface area contributed by atoms with Gasteiger partial charge in [-0.15, -0.1) is 0 Å². The smallest absolute Gasteiger partial charge is 0.267 e. The molecule has 0 aliphatic rings. The Balaban J connectivity index is 3.65. The predicted octanol–water partition coefficient (Wildman–Crippen LogP) is 0.244. The SMILES string of the molecule is N#Cc1cc(C(F)F)c(O)c(S(N)(=O)=O)n1. The molecule has 6 nitrogen and oxygen atoms in total. The Kier molecular flexibility index (Phi) is 3.06. The first-order valence-electron chi connectivity index (χ1n) is 3.72. The zero-order chi connectivity index (χ0) is 12.5. The van der Waals surface area contributed by atoms with Gasteiger partial charge in [-0.3, -0.25) is 0 Å². The topological polar surface area (TPSA) is 117 Å². The Hall–Kier alpha value is -1.79. The van der Waals surface area contributed by atoms with Crippen LogP contribution in [0.2, 0.25) is 0 Å². The Morgan fingerprint density at radius 1 is 1.56 bits per heavy atom. The summed E-state index contributed by atoms with van der Waals surface area (Å²) in [5.74, 6) is -1.24. The number of hydrogen-bond donors (Lipinski definition) is 2. The Morgan fingerprint density at radius 2 is 2.12 bits per heavy atom. The number of halogens is 2. The third kappa shape index (κ3) is 2.23. The number of nitrogens with two attached hydrogens (primary N) is 1. The first-order chi connectivity index (χ1) is 7.27. The normalized spacial score (nSPS) is 11.4. The molecule has 0 unspecified atom stereocenters. The van der Waals surface area contributed by atoms with Crippen LogP contribution >= 0.6 is 0 Å². The number of pyridine rings is 1. The van der Waals surface area contributed by atoms with Crippen molar-refractivity contribution in [1.82, 2.24) is 4.98 Å². The van der Waals surface area contributed by atoms with Gasteiger partial charge in [0.1, 0.15) is 11.8 Å². The van der Waals surface area contributed by atoms with Gasteiger partial charge in [-0.1, -0.05) is 0 Å². The lowest BCUT2D eigenvalue weighted by molar-refractivity contribution is 0.146. The zero-order valence-corrected chi connectivity index (χ0v) is 8.37. The zero-order valence-electron chi connectivity index (χ0n) is 7.55. The summed E-state index contributed by atoms with van der Waals surface area (Å²) in [5, 5.41) is 21.2. The number of primary sulfonamides is 1. The van der Waals surface area contributed by atoms with Crippen molar-refractivity contribution in [3.05, 3.63) is 17.3 Å². The largest absolute Gasteiger partial charge is 0.504 e. The molecule has 0 saturated heterocycles. The highest BCUT2D eigenvalue weighted by Gasteiger charge is 2.24. The van der Waals surface area contributed by atoms with Crippen LogP contribution in [-0.4, -0.2) is 18.5 Å². The van der Waals surface area contributed by atoms with Crippen LogP contribution in [0.5, 0.6) is 5.75 Å². The van der Waals surface area contributed by atoms with Crippen molar-refractivity contribution in [2.24, 2.45) is 5.14 Å². The molecule has 0 spiro atoms. The molecule has 3 N–H and O–H groups in total. The molecule has 16 heavy (non-hydrogen) atoms. The Bertz CT molecular complexity index is 565. The third-order valence-corrected chi connectivity index (χ3v) is 2.43. The van der Waals surface area contributed by atoms with E-state index in [1.54, 1.807) is 0 Å². The van der Waals surface area contributed by atoms with Crippen molar-refractivity contribution < 1.29 is 22.3 Å². The minimum Gasteiger partial charge on any atom is -0.504 e. The molecule has 0 saturated carbocycles. The van der Waals surface area contributed by atoms with Crippen LogP contribution in [0.3, 0.4) is 0 Å². The number of aromatic nitrogens is 1. The fourth-order valence-electron chi connectivity index (χ4n) is 0.956. The maximum Gasteiger partial charge on any atom is 0.267 e. The van der Waals surface area contributed by atoms with Crippen molar-refractivity contribution in [3.8, 4) is 11.8 Å². The highest BCUT2D eigenvalue weighted by molar-refractivity contribution is 7.89. The summed E-state index contributed by atoms with van der Waals surface area (Å²) in [5.41, 5.74) is -1.58. The molecular weight excluding hydrogens is 244 g/mol. The third-order valence-electron chi connectivity index (χ3n) is 1.61. The fourth-order valence-corrected chi connectivity index (χ4v) is 1.57. The lowest BCUT2D eigenvalue weighted by atomic mass is 10.2. The fraction of sp³-hybridized carbons (Fsp3) is 0.143. The van der Waals surface area contributed by atoms with Crippen LogP contribution < -0.4 is 5.14 Å². The van der Waals surface area contributed by atoms with Crippen LogP contribution in [0, 0.1) is 11.3 Å². The van der Waals surface area contributed by atoms with Crippen LogP contribution in [0.25, 0.3) is 0 Å². The summed E-state index contributed by atoms with van der Waals surface area (Å²) >= 11 is 0. The number of aromatic hydroxyl groups is 1. The molecule has 0 atom stereocenters. The van der Waals surface area contributed by atoms with Crippen LogP contribution in [0.4, 0.5) is 8.78 Å². The molecule has 1 heterocycles. The number of alkyl halides is 2. The minimum absolute atomic E-state index is 0.572. The van der Waals surface area contributed by atoms with Crippen LogP contribution in [0.15, 0.2) is 11.1 Å². The van der Waals surface area contributed by atoms with Gasteiger partial charge in [0.25, 0.3) is 16.4 Å². The van der Waals surface area contributed by atoms with Gasteiger partial charge >= 0.3 is 0 Å². The molecule has 86 valence electrons. The number of hydrogen-bond acceptors (Lipinski definition) is 5. The van der Waals surface area contributed by atoms with Crippen molar-refractivity contribution in [2.45, 2.75) is 11.5 Å². The quantitative estimate of drug-likeness (QED) is 0.778. The number of nitriles is 1. The minimum atomic E-state index is -4.47. The maximum absolute atomic E-state index is 12.4. The Labute approximate surface area is 89.0 Å². The van der Waals surface area contributed by atoms with Gasteiger partial charge in [0, 0.05) is 0 Å². The van der Waals surface area contributed by atoms with E-state index in [4.69, 9.17) is 5.26 Å². The summed E-state index contributed by atoms with van der Waals surface area (Å²) in [6.07, 6.45) is -3.14. The molecule has 1 rings (SSSR count). The van der Waals surface area contributed by atoms with Crippen LogP contribution in [-0.2, 0) is 10.0 Å². The van der Waals surface area contributed by atoms with Crippen molar-refractivity contribution in [2.75, 3.05) is 0 Å². The molecule has 0 fully saturated rings. The molecule has 9 heteroatoms. The standard InChI is InChI=1S/C7H5F2N3O3S/c8-6(9)4-1-3(2-10)12-7(5(4)13)16(11,14)15/h1,6,13H,(H2,11,14,15). The van der Waals surface area contributed by atoms with Gasteiger partial charge in [0.15, 0.2) is 5.75 Å². The first-order valence-corrected chi connectivity index (χ1v) is 5.27. The molecular formula is C7H5F2N3O3S. The van der Waals surface area contributed by atoms with Crippen molar-refractivity contribution in [1.29, 1.82) is 5.26 Å². The molecule has 1 aromatic rings. The van der Waals surface area contributed by atoms with E-state index in [1.165, 1.54) is 6.07 Å². The second-order valence-electron chi connectivity index (χ2n) is 2.71. The molecule has 0 aliphatic heterocycles. The molecule has 0 radical (unpaired) electrons. The van der Waals surface area contributed by atoms with Gasteiger partial charge < -0.3 is 5.11 Å². The van der Waals surface area contributed by atoms with E-state index in [9.17, 15) is 22.3 Å². The summed E-state index contributed by atoms with van der Waals surface area (Å²) in [4.78, 5) is 3.15. The number of nitrogens with zero attached hydrogens (tertiary/aromatic N) is 2. The van der Waals surface area contributed by atoms with E-state index < -0.39 is 38.5 Å². The second-order valence-corrected chi connectivity index (χ2v) is 4.18. The van der Waals surface area contributed by atoms with Crippen LogP contribution in [0.1, 0.15) is 17.7 Å². The van der Waals surface area contributed by atoms with Gasteiger partial charge in [-0.2, -0.15) is 5.26 Å². The molecule has 1 aromatic heterocycles. The van der Waals surface area contributed by atoms with Gasteiger partial charge in [0.2, 0.25) is 5.03 Å². The summed E-state index contributed by atoms with van der Waals surface area (Å²) in [7, 11) is -4.47. The monoisotopic (exact) mass is 249 g/mol. The van der Waals surface area contributed by atoms with E-state index >= 15 is 0 Å². The summed E-state index contributed by atoms with van der Waals surface area (Å²) < 4.78 is 46.6. The van der Waals surface area contributed by atoms with E-state index in [2.05, 4.69) is 10.1 Å². The Morgan fingerprint density at radius 3 is 2.50 bits per heavy atom. The van der Waals surface area contributed by atoms with E-state index in [0.29, 0.717) is 6.07 Å². The average Bonchev–Trinajstić information content (AvgIpc) is 2.15. The van der Waals surface area contributed by atoms with E-state index in [-0.39, 0.29) is 0 Å². The first kappa shape index (κ1) is 12.3. The maximum atomic E-state index is 12.4. The van der Waals surface area contributed by atoms with Crippen molar-refractivity contribution >= 4 is 10.0 Å². The number of sulfonamides is 1. The van der Waals surface area contributed by atoms with E-state index in [1.807, 2.05) is 0 Å². The summed E-state index contributed by atoms with van der Waals surface area (Å²) in [6, 6.07) is 1.98.